The number of halogens is 2. The molecule has 2 aromatic rings. The Kier molecular flexibility index (Phi) is 10.4. The van der Waals surface area contributed by atoms with E-state index >= 15 is 0 Å². The summed E-state index contributed by atoms with van der Waals surface area (Å²) in [7, 11) is 9.53. The summed E-state index contributed by atoms with van der Waals surface area (Å²) in [6.07, 6.45) is 6.38. The quantitative estimate of drug-likeness (QED) is 0.337. The van der Waals surface area contributed by atoms with Gasteiger partial charge in [0.05, 0.1) is 34.5 Å². The maximum absolute atomic E-state index is 4.93. The van der Waals surface area contributed by atoms with Crippen LogP contribution in [0.3, 0.4) is 0 Å². The minimum atomic E-state index is 0.194. The summed E-state index contributed by atoms with van der Waals surface area (Å²) < 4.78 is 0. The van der Waals surface area contributed by atoms with Gasteiger partial charge in [0.25, 0.3) is 0 Å². The van der Waals surface area contributed by atoms with Crippen LogP contribution < -0.4 is 0 Å². The molecule has 3 rings (SSSR count). The van der Waals surface area contributed by atoms with Crippen LogP contribution in [0, 0.1) is 13.8 Å². The number of aromatic nitrogens is 1. The molecule has 0 atom stereocenters. The van der Waals surface area contributed by atoms with Gasteiger partial charge in [-0.3, -0.25) is 9.98 Å². The van der Waals surface area contributed by atoms with Crippen LogP contribution in [0.5, 0.6) is 0 Å². The number of aryl methyl sites for hydroxylation is 2. The van der Waals surface area contributed by atoms with Crippen molar-refractivity contribution in [3.05, 3.63) is 58.9 Å². The number of para-hydroxylation sites is 1. The fraction of sp³-hybridized carbons (Fsp3) is 0.435. The monoisotopic (exact) mass is 473 g/mol. The summed E-state index contributed by atoms with van der Waals surface area (Å²) in [5.74, 6) is 0. The van der Waals surface area contributed by atoms with Crippen LogP contribution in [0.1, 0.15) is 68.5 Å². The van der Waals surface area contributed by atoms with Gasteiger partial charge in [0.1, 0.15) is 0 Å². The summed E-state index contributed by atoms with van der Waals surface area (Å²) in [6.45, 7) is 8.32. The molecule has 1 aromatic heterocycles. The predicted molar refractivity (Wildman–Crippen MR) is 123 cm³/mol. The van der Waals surface area contributed by atoms with Crippen molar-refractivity contribution in [2.24, 2.45) is 9.98 Å². The number of pyridine rings is 1. The maximum atomic E-state index is 4.93. The summed E-state index contributed by atoms with van der Waals surface area (Å²) in [4.78, 5) is 14.6. The van der Waals surface area contributed by atoms with E-state index < -0.39 is 0 Å². The molecule has 0 spiro atoms. The van der Waals surface area contributed by atoms with Crippen LogP contribution in [-0.2, 0) is 13.1 Å². The van der Waals surface area contributed by atoms with E-state index in [4.69, 9.17) is 35.2 Å². The van der Waals surface area contributed by atoms with Crippen LogP contribution >= 0.6 is 20.2 Å². The molecule has 0 N–H and O–H groups in total. The number of aliphatic imine (C=N–C) groups is 2. The zero-order chi connectivity index (χ0) is 21.2. The van der Waals surface area contributed by atoms with Crippen LogP contribution in [0.4, 0.5) is 5.69 Å². The zero-order valence-electron chi connectivity index (χ0n) is 17.5. The molecule has 158 valence electrons. The Hall–Kier alpha value is -1.19. The van der Waals surface area contributed by atoms with Gasteiger partial charge >= 0.3 is 33.3 Å². The molecule has 6 heteroatoms. The van der Waals surface area contributed by atoms with Gasteiger partial charge in [-0.05, 0) is 63.8 Å². The third-order valence-electron chi connectivity index (χ3n) is 5.16. The molecule has 0 unspecified atom stereocenters. The van der Waals surface area contributed by atoms with Crippen molar-refractivity contribution in [2.45, 2.75) is 65.8 Å². The van der Waals surface area contributed by atoms with Crippen molar-refractivity contribution in [2.75, 3.05) is 0 Å². The first-order valence-corrected chi connectivity index (χ1v) is 13.0. The fourth-order valence-electron chi connectivity index (χ4n) is 3.59. The van der Waals surface area contributed by atoms with Gasteiger partial charge in [-0.2, -0.15) is 0 Å². The van der Waals surface area contributed by atoms with E-state index in [1.807, 2.05) is 13.0 Å². The van der Waals surface area contributed by atoms with E-state index in [0.29, 0.717) is 6.04 Å². The number of nitrogens with zero attached hydrogens (tertiary/aromatic N) is 3. The SMILES string of the molecule is CC(=Nc1c(C)cccc1C)c1cccc(C(C)=NC2CCCCC2)n1.[Cl][Fe][Cl]. The molecule has 1 aliphatic rings. The van der Waals surface area contributed by atoms with Gasteiger partial charge in [0.15, 0.2) is 0 Å². The molecule has 1 fully saturated rings. The standard InChI is InChI=1S/C23H29N3.2ClH.Fe/c1-16-10-8-11-17(2)23(16)25-19(4)22-15-9-14-21(26-22)18(3)24-20-12-6-5-7-13-20;;;/h8-11,14-15,20H,5-7,12-13H2,1-4H3;2*1H;/q;;;+2/p-2. The van der Waals surface area contributed by atoms with Gasteiger partial charge in [0, 0.05) is 0 Å². The van der Waals surface area contributed by atoms with E-state index in [1.54, 1.807) is 0 Å². The first-order valence-electron chi connectivity index (χ1n) is 9.95. The van der Waals surface area contributed by atoms with Crippen LogP contribution in [0.25, 0.3) is 0 Å². The molecule has 0 bridgehead atoms. The molecular formula is C23H29Cl2FeN3. The average Bonchev–Trinajstić information content (AvgIpc) is 2.72. The van der Waals surface area contributed by atoms with E-state index in [0.717, 1.165) is 28.5 Å². The molecular weight excluding hydrogens is 445 g/mol. The molecule has 0 amide bonds. The molecule has 0 radical (unpaired) electrons. The predicted octanol–water partition coefficient (Wildman–Crippen LogP) is 7.36. The molecule has 1 saturated carbocycles. The molecule has 3 nitrogen and oxygen atoms in total. The van der Waals surface area contributed by atoms with Gasteiger partial charge in [-0.25, -0.2) is 4.98 Å². The third-order valence-corrected chi connectivity index (χ3v) is 5.16. The minimum absolute atomic E-state index is 0.194. The van der Waals surface area contributed by atoms with Gasteiger partial charge in [-0.1, -0.05) is 43.5 Å². The Morgan fingerprint density at radius 1 is 0.897 bits per heavy atom. The second kappa shape index (κ2) is 12.5. The van der Waals surface area contributed by atoms with Crippen LogP contribution in [-0.4, -0.2) is 22.4 Å². The Labute approximate surface area is 189 Å². The second-order valence-corrected chi connectivity index (χ2v) is 9.23. The Bertz CT molecular complexity index is 839. The molecule has 0 aliphatic heterocycles. The summed E-state index contributed by atoms with van der Waals surface area (Å²) >= 11 is 0.194. The molecule has 29 heavy (non-hydrogen) atoms. The topological polar surface area (TPSA) is 37.6 Å². The van der Waals surface area contributed by atoms with Crippen molar-refractivity contribution in [3.63, 3.8) is 0 Å². The Morgan fingerprint density at radius 3 is 2.00 bits per heavy atom. The summed E-state index contributed by atoms with van der Waals surface area (Å²) in [6, 6.07) is 12.9. The third kappa shape index (κ3) is 7.53. The van der Waals surface area contributed by atoms with Crippen molar-refractivity contribution in [1.82, 2.24) is 4.98 Å². The van der Waals surface area contributed by atoms with Crippen molar-refractivity contribution in [1.29, 1.82) is 0 Å². The van der Waals surface area contributed by atoms with E-state index in [2.05, 4.69) is 51.1 Å². The Morgan fingerprint density at radius 2 is 1.41 bits per heavy atom. The van der Waals surface area contributed by atoms with Crippen molar-refractivity contribution in [3.8, 4) is 0 Å². The van der Waals surface area contributed by atoms with E-state index in [1.165, 1.54) is 43.2 Å². The van der Waals surface area contributed by atoms with Crippen LogP contribution in [0.2, 0.25) is 0 Å². The van der Waals surface area contributed by atoms with Gasteiger partial charge in [0.2, 0.25) is 0 Å². The molecule has 1 aliphatic carbocycles. The zero-order valence-corrected chi connectivity index (χ0v) is 20.1. The first-order chi connectivity index (χ1) is 14.0. The molecule has 1 heterocycles. The summed E-state index contributed by atoms with van der Waals surface area (Å²) in [5.41, 5.74) is 7.29. The van der Waals surface area contributed by atoms with Gasteiger partial charge < -0.3 is 0 Å². The van der Waals surface area contributed by atoms with Crippen molar-refractivity contribution >= 4 is 37.3 Å². The van der Waals surface area contributed by atoms with Crippen molar-refractivity contribution < 1.29 is 13.1 Å². The van der Waals surface area contributed by atoms with Gasteiger partial charge in [-0.15, -0.1) is 0 Å². The summed E-state index contributed by atoms with van der Waals surface area (Å²) in [5, 5.41) is 0. The second-order valence-electron chi connectivity index (χ2n) is 7.40. The Balaban J connectivity index is 0.000000941. The molecule has 1 aromatic carbocycles. The first kappa shape index (κ1) is 24.1. The number of hydrogen-bond acceptors (Lipinski definition) is 3. The van der Waals surface area contributed by atoms with E-state index in [9.17, 15) is 0 Å². The number of rotatable bonds is 4. The molecule has 0 saturated heterocycles. The van der Waals surface area contributed by atoms with Crippen LogP contribution in [0.15, 0.2) is 46.4 Å². The normalized spacial score (nSPS) is 15.8. The number of benzene rings is 1. The number of hydrogen-bond donors (Lipinski definition) is 0. The average molecular weight is 474 g/mol. The van der Waals surface area contributed by atoms with E-state index in [-0.39, 0.29) is 13.1 Å². The fourth-order valence-corrected chi connectivity index (χ4v) is 3.59.